The van der Waals surface area contributed by atoms with E-state index in [9.17, 15) is 8.42 Å². The Morgan fingerprint density at radius 2 is 1.91 bits per heavy atom. The Labute approximate surface area is 138 Å². The number of sulfonamides is 1. The standard InChI is InChI=1S/C16H26N2O4S/c1-21-15-7-4-8-16(22-2)14(15)12-18-9-5-6-13(11-18)10-17-23(3,19)20/h4,7-8,13,17H,5-6,9-12H2,1-3H3. The van der Waals surface area contributed by atoms with Gasteiger partial charge in [-0.3, -0.25) is 4.90 Å². The Morgan fingerprint density at radius 1 is 1.26 bits per heavy atom. The Hall–Kier alpha value is -1.31. The fraction of sp³-hybridized carbons (Fsp3) is 0.625. The zero-order valence-electron chi connectivity index (χ0n) is 14.0. The third kappa shape index (κ3) is 5.37. The summed E-state index contributed by atoms with van der Waals surface area (Å²) in [7, 11) is 0.190. The minimum absolute atomic E-state index is 0.333. The van der Waals surface area contributed by atoms with Gasteiger partial charge in [0.2, 0.25) is 10.0 Å². The number of nitrogens with zero attached hydrogens (tertiary/aromatic N) is 1. The van der Waals surface area contributed by atoms with E-state index in [-0.39, 0.29) is 0 Å². The number of likely N-dealkylation sites (tertiary alicyclic amines) is 1. The molecule has 6 nitrogen and oxygen atoms in total. The van der Waals surface area contributed by atoms with Crippen molar-refractivity contribution in [3.8, 4) is 11.5 Å². The Balaban J connectivity index is 2.03. The number of ether oxygens (including phenoxy) is 2. The molecule has 0 bridgehead atoms. The topological polar surface area (TPSA) is 67.9 Å². The Morgan fingerprint density at radius 3 is 2.48 bits per heavy atom. The average molecular weight is 342 g/mol. The second-order valence-corrected chi connectivity index (χ2v) is 7.84. The maximum atomic E-state index is 11.3. The van der Waals surface area contributed by atoms with Gasteiger partial charge in [-0.15, -0.1) is 0 Å². The lowest BCUT2D eigenvalue weighted by atomic mass is 9.97. The summed E-state index contributed by atoms with van der Waals surface area (Å²) in [5.74, 6) is 1.97. The molecule has 0 amide bonds. The van der Waals surface area contributed by atoms with Gasteiger partial charge >= 0.3 is 0 Å². The third-order valence-electron chi connectivity index (χ3n) is 4.15. The molecule has 1 aromatic carbocycles. The third-order valence-corrected chi connectivity index (χ3v) is 4.84. The van der Waals surface area contributed by atoms with Crippen LogP contribution in [0.1, 0.15) is 18.4 Å². The van der Waals surface area contributed by atoms with E-state index in [1.807, 2.05) is 18.2 Å². The first-order chi connectivity index (χ1) is 10.9. The molecule has 1 N–H and O–H groups in total. The van der Waals surface area contributed by atoms with Crippen LogP contribution in [-0.2, 0) is 16.6 Å². The monoisotopic (exact) mass is 342 g/mol. The molecule has 0 aromatic heterocycles. The number of nitrogens with one attached hydrogen (secondary N) is 1. The molecule has 130 valence electrons. The van der Waals surface area contributed by atoms with Gasteiger partial charge in [0.15, 0.2) is 0 Å². The molecule has 7 heteroatoms. The summed E-state index contributed by atoms with van der Waals surface area (Å²) in [4.78, 5) is 2.33. The number of hydrogen-bond donors (Lipinski definition) is 1. The van der Waals surface area contributed by atoms with Crippen LogP contribution in [0.25, 0.3) is 0 Å². The van der Waals surface area contributed by atoms with Gasteiger partial charge in [-0.05, 0) is 37.4 Å². The number of piperidine rings is 1. The lowest BCUT2D eigenvalue weighted by molar-refractivity contribution is 0.165. The quantitative estimate of drug-likeness (QED) is 0.813. The predicted octanol–water partition coefficient (Wildman–Crippen LogP) is 1.47. The van der Waals surface area contributed by atoms with Crippen molar-refractivity contribution in [2.24, 2.45) is 5.92 Å². The van der Waals surface area contributed by atoms with E-state index in [0.717, 1.165) is 49.5 Å². The first kappa shape index (κ1) is 18.0. The average Bonchev–Trinajstić information content (AvgIpc) is 2.53. The molecule has 23 heavy (non-hydrogen) atoms. The van der Waals surface area contributed by atoms with Gasteiger partial charge in [-0.1, -0.05) is 6.07 Å². The first-order valence-corrected chi connectivity index (χ1v) is 9.69. The summed E-state index contributed by atoms with van der Waals surface area (Å²) in [5.41, 5.74) is 1.04. The van der Waals surface area contributed by atoms with Crippen LogP contribution in [-0.4, -0.2) is 53.4 Å². The zero-order valence-corrected chi connectivity index (χ0v) is 14.9. The van der Waals surface area contributed by atoms with Gasteiger partial charge in [0.1, 0.15) is 11.5 Å². The summed E-state index contributed by atoms with van der Waals surface area (Å²) in [6.45, 7) is 3.10. The molecule has 1 fully saturated rings. The highest BCUT2D eigenvalue weighted by atomic mass is 32.2. The summed E-state index contributed by atoms with van der Waals surface area (Å²) in [6.07, 6.45) is 3.31. The SMILES string of the molecule is COc1cccc(OC)c1CN1CCCC(CNS(C)(=O)=O)C1. The maximum Gasteiger partial charge on any atom is 0.208 e. The van der Waals surface area contributed by atoms with Crippen molar-refractivity contribution in [3.63, 3.8) is 0 Å². The molecule has 0 radical (unpaired) electrons. The van der Waals surface area contributed by atoms with Crippen molar-refractivity contribution >= 4 is 10.0 Å². The predicted molar refractivity (Wildman–Crippen MR) is 90.4 cm³/mol. The molecule has 1 aliphatic heterocycles. The normalized spacial score (nSPS) is 19.5. The van der Waals surface area contributed by atoms with Crippen molar-refractivity contribution in [1.29, 1.82) is 0 Å². The fourth-order valence-electron chi connectivity index (χ4n) is 3.04. The largest absolute Gasteiger partial charge is 0.496 e. The lowest BCUT2D eigenvalue weighted by Gasteiger charge is -2.33. The Kier molecular flexibility index (Phi) is 6.26. The van der Waals surface area contributed by atoms with Gasteiger partial charge in [-0.2, -0.15) is 0 Å². The molecule has 2 rings (SSSR count). The van der Waals surface area contributed by atoms with Crippen LogP contribution >= 0.6 is 0 Å². The molecule has 1 atom stereocenters. The minimum atomic E-state index is -3.13. The van der Waals surface area contributed by atoms with E-state index in [0.29, 0.717) is 12.5 Å². The summed E-state index contributed by atoms with van der Waals surface area (Å²) < 4.78 is 36.0. The molecule has 1 aliphatic rings. The van der Waals surface area contributed by atoms with Crippen molar-refractivity contribution in [3.05, 3.63) is 23.8 Å². The summed E-state index contributed by atoms with van der Waals surface area (Å²) in [5, 5.41) is 0. The van der Waals surface area contributed by atoms with Gasteiger partial charge in [0.25, 0.3) is 0 Å². The molecule has 1 saturated heterocycles. The number of rotatable bonds is 7. The van der Waals surface area contributed by atoms with Crippen LogP contribution in [0, 0.1) is 5.92 Å². The summed E-state index contributed by atoms with van der Waals surface area (Å²) in [6, 6.07) is 5.78. The Bertz CT molecular complexity index is 596. The van der Waals surface area contributed by atoms with Crippen molar-refractivity contribution in [2.45, 2.75) is 19.4 Å². The van der Waals surface area contributed by atoms with Crippen LogP contribution in [0.5, 0.6) is 11.5 Å². The van der Waals surface area contributed by atoms with E-state index >= 15 is 0 Å². The van der Waals surface area contributed by atoms with Crippen LogP contribution in [0.4, 0.5) is 0 Å². The lowest BCUT2D eigenvalue weighted by Crippen LogP contribution is -2.40. The van der Waals surface area contributed by atoms with E-state index in [4.69, 9.17) is 9.47 Å². The van der Waals surface area contributed by atoms with Crippen molar-refractivity contribution in [1.82, 2.24) is 9.62 Å². The number of methoxy groups -OCH3 is 2. The van der Waals surface area contributed by atoms with E-state index < -0.39 is 10.0 Å². The highest BCUT2D eigenvalue weighted by Crippen LogP contribution is 2.30. The smallest absolute Gasteiger partial charge is 0.208 e. The molecule has 0 aliphatic carbocycles. The highest BCUT2D eigenvalue weighted by molar-refractivity contribution is 7.88. The van der Waals surface area contributed by atoms with E-state index in [1.54, 1.807) is 14.2 Å². The summed E-state index contributed by atoms with van der Waals surface area (Å²) >= 11 is 0. The van der Waals surface area contributed by atoms with Gasteiger partial charge in [0.05, 0.1) is 26.0 Å². The molecular weight excluding hydrogens is 316 g/mol. The molecule has 0 spiro atoms. The molecule has 1 aromatic rings. The molecule has 0 saturated carbocycles. The second-order valence-electron chi connectivity index (χ2n) is 6.01. The van der Waals surface area contributed by atoms with Crippen molar-refractivity contribution < 1.29 is 17.9 Å². The molecule has 1 heterocycles. The van der Waals surface area contributed by atoms with Gasteiger partial charge in [-0.25, -0.2) is 13.1 Å². The number of benzene rings is 1. The van der Waals surface area contributed by atoms with E-state index in [1.165, 1.54) is 6.26 Å². The van der Waals surface area contributed by atoms with Gasteiger partial charge in [0, 0.05) is 19.6 Å². The number of hydrogen-bond acceptors (Lipinski definition) is 5. The fourth-order valence-corrected chi connectivity index (χ4v) is 3.58. The van der Waals surface area contributed by atoms with Crippen LogP contribution in [0.15, 0.2) is 18.2 Å². The molecular formula is C16H26N2O4S. The van der Waals surface area contributed by atoms with Crippen LogP contribution < -0.4 is 14.2 Å². The first-order valence-electron chi connectivity index (χ1n) is 7.80. The second kappa shape index (κ2) is 7.99. The maximum absolute atomic E-state index is 11.3. The van der Waals surface area contributed by atoms with Crippen LogP contribution in [0.2, 0.25) is 0 Å². The molecule has 1 unspecified atom stereocenters. The van der Waals surface area contributed by atoms with Crippen molar-refractivity contribution in [2.75, 3.05) is 40.1 Å². The minimum Gasteiger partial charge on any atom is -0.496 e. The van der Waals surface area contributed by atoms with Crippen LogP contribution in [0.3, 0.4) is 0 Å². The highest BCUT2D eigenvalue weighted by Gasteiger charge is 2.23. The van der Waals surface area contributed by atoms with E-state index in [2.05, 4.69) is 9.62 Å². The zero-order chi connectivity index (χ0) is 16.9. The van der Waals surface area contributed by atoms with Gasteiger partial charge < -0.3 is 9.47 Å².